The van der Waals surface area contributed by atoms with Crippen LogP contribution in [0.15, 0.2) is 0 Å². The number of aliphatic carboxylic acids is 1. The number of hydrogen-bond acceptors (Lipinski definition) is 4. The van der Waals surface area contributed by atoms with Crippen LogP contribution in [0.2, 0.25) is 0 Å². The minimum Gasteiger partial charge on any atom is -0.480 e. The Morgan fingerprint density at radius 2 is 1.80 bits per heavy atom. The molecule has 2 rings (SSSR count). The molecule has 0 bridgehead atoms. The first kappa shape index (κ1) is 19.7. The van der Waals surface area contributed by atoms with E-state index in [1.165, 1.54) is 4.90 Å². The standard InChI is InChI=1S/C18H31N3O4/c1-3-19-12(2)16(22)20-15(13-8-5-4-6-9-13)17(23)21-11-7-10-14(21)18(24)25/h12-15,19H,3-11H2,1-2H3,(H,20,22)(H,24,25)/t12-,14-,15-/m0/s1. The molecular formula is C18H31N3O4. The number of amides is 2. The van der Waals surface area contributed by atoms with E-state index in [1.54, 1.807) is 6.92 Å². The summed E-state index contributed by atoms with van der Waals surface area (Å²) >= 11 is 0. The van der Waals surface area contributed by atoms with Crippen LogP contribution < -0.4 is 10.6 Å². The molecule has 2 fully saturated rings. The molecular weight excluding hydrogens is 322 g/mol. The maximum absolute atomic E-state index is 13.1. The molecule has 7 heteroatoms. The van der Waals surface area contributed by atoms with E-state index >= 15 is 0 Å². The number of nitrogens with zero attached hydrogens (tertiary/aromatic N) is 1. The van der Waals surface area contributed by atoms with Gasteiger partial charge >= 0.3 is 5.97 Å². The second-order valence-electron chi connectivity index (χ2n) is 7.19. The number of carbonyl (C=O) groups is 3. The van der Waals surface area contributed by atoms with E-state index in [-0.39, 0.29) is 23.8 Å². The molecule has 1 aliphatic carbocycles. The van der Waals surface area contributed by atoms with Crippen LogP contribution >= 0.6 is 0 Å². The van der Waals surface area contributed by atoms with E-state index in [4.69, 9.17) is 0 Å². The molecule has 142 valence electrons. The molecule has 25 heavy (non-hydrogen) atoms. The lowest BCUT2D eigenvalue weighted by Gasteiger charge is -2.34. The number of likely N-dealkylation sites (tertiary alicyclic amines) is 1. The van der Waals surface area contributed by atoms with Crippen LogP contribution in [0.3, 0.4) is 0 Å². The van der Waals surface area contributed by atoms with Gasteiger partial charge in [0.05, 0.1) is 6.04 Å². The second-order valence-corrected chi connectivity index (χ2v) is 7.19. The van der Waals surface area contributed by atoms with Crippen molar-refractivity contribution in [2.24, 2.45) is 5.92 Å². The molecule has 1 saturated heterocycles. The lowest BCUT2D eigenvalue weighted by Crippen LogP contribution is -2.57. The number of hydrogen-bond donors (Lipinski definition) is 3. The summed E-state index contributed by atoms with van der Waals surface area (Å²) in [5, 5.41) is 15.4. The third-order valence-electron chi connectivity index (χ3n) is 5.41. The summed E-state index contributed by atoms with van der Waals surface area (Å²) in [5.41, 5.74) is 0. The smallest absolute Gasteiger partial charge is 0.326 e. The monoisotopic (exact) mass is 353 g/mol. The highest BCUT2D eigenvalue weighted by Crippen LogP contribution is 2.29. The fourth-order valence-corrected chi connectivity index (χ4v) is 3.99. The molecule has 2 amide bonds. The Bertz CT molecular complexity index is 491. The van der Waals surface area contributed by atoms with Gasteiger partial charge in [0.2, 0.25) is 11.8 Å². The fourth-order valence-electron chi connectivity index (χ4n) is 3.99. The number of nitrogens with one attached hydrogen (secondary N) is 2. The average molecular weight is 353 g/mol. The van der Waals surface area contributed by atoms with Gasteiger partial charge in [-0.05, 0) is 45.1 Å². The van der Waals surface area contributed by atoms with Gasteiger partial charge in [0.25, 0.3) is 0 Å². The first-order valence-corrected chi connectivity index (χ1v) is 9.52. The Hall–Kier alpha value is -1.63. The van der Waals surface area contributed by atoms with Crippen molar-refractivity contribution >= 4 is 17.8 Å². The van der Waals surface area contributed by atoms with Crippen molar-refractivity contribution in [3.8, 4) is 0 Å². The first-order chi connectivity index (χ1) is 12.0. The third kappa shape index (κ3) is 4.93. The Balaban J connectivity index is 2.14. The Kier molecular flexibility index (Phi) is 7.23. The SMILES string of the molecule is CCN[C@@H](C)C(=O)N[C@H](C(=O)N1CCC[C@H]1C(=O)O)C1CCCCC1. The van der Waals surface area contributed by atoms with Gasteiger partial charge in [-0.1, -0.05) is 26.2 Å². The molecule has 0 spiro atoms. The van der Waals surface area contributed by atoms with Crippen LogP contribution in [0.25, 0.3) is 0 Å². The van der Waals surface area contributed by atoms with E-state index in [0.717, 1.165) is 32.1 Å². The zero-order valence-electron chi connectivity index (χ0n) is 15.3. The minimum absolute atomic E-state index is 0.0917. The molecule has 0 radical (unpaired) electrons. The second kappa shape index (κ2) is 9.17. The van der Waals surface area contributed by atoms with Crippen molar-refractivity contribution < 1.29 is 19.5 Å². The molecule has 3 atom stereocenters. The average Bonchev–Trinajstić information content (AvgIpc) is 3.10. The molecule has 7 nitrogen and oxygen atoms in total. The topological polar surface area (TPSA) is 98.7 Å². The Morgan fingerprint density at radius 3 is 2.40 bits per heavy atom. The van der Waals surface area contributed by atoms with Gasteiger partial charge in [-0.3, -0.25) is 9.59 Å². The lowest BCUT2D eigenvalue weighted by molar-refractivity contribution is -0.150. The summed E-state index contributed by atoms with van der Waals surface area (Å²) in [6.07, 6.45) is 6.24. The van der Waals surface area contributed by atoms with Gasteiger partial charge in [0.1, 0.15) is 12.1 Å². The van der Waals surface area contributed by atoms with Crippen molar-refractivity contribution in [2.45, 2.75) is 76.9 Å². The zero-order chi connectivity index (χ0) is 18.4. The van der Waals surface area contributed by atoms with Crippen molar-refractivity contribution in [2.75, 3.05) is 13.1 Å². The van der Waals surface area contributed by atoms with Crippen LogP contribution in [0.1, 0.15) is 58.8 Å². The highest BCUT2D eigenvalue weighted by Gasteiger charge is 2.40. The van der Waals surface area contributed by atoms with E-state index < -0.39 is 18.1 Å². The predicted octanol–water partition coefficient (Wildman–Crippen LogP) is 1.13. The summed E-state index contributed by atoms with van der Waals surface area (Å²) in [6, 6.07) is -1.76. The van der Waals surface area contributed by atoms with Gasteiger partial charge in [0.15, 0.2) is 0 Å². The van der Waals surface area contributed by atoms with E-state index in [0.29, 0.717) is 25.9 Å². The number of carboxylic acid groups (broad SMARTS) is 1. The largest absolute Gasteiger partial charge is 0.480 e. The highest BCUT2D eigenvalue weighted by molar-refractivity contribution is 5.92. The molecule has 0 aromatic rings. The molecule has 0 aromatic heterocycles. The number of likely N-dealkylation sites (N-methyl/N-ethyl adjacent to an activating group) is 1. The molecule has 0 aromatic carbocycles. The van der Waals surface area contributed by atoms with E-state index in [2.05, 4.69) is 10.6 Å². The zero-order valence-corrected chi connectivity index (χ0v) is 15.3. The first-order valence-electron chi connectivity index (χ1n) is 9.52. The van der Waals surface area contributed by atoms with E-state index in [1.807, 2.05) is 6.92 Å². The van der Waals surface area contributed by atoms with Crippen molar-refractivity contribution in [1.29, 1.82) is 0 Å². The number of rotatable bonds is 7. The maximum Gasteiger partial charge on any atom is 0.326 e. The summed E-state index contributed by atoms with van der Waals surface area (Å²) in [6.45, 7) is 4.83. The van der Waals surface area contributed by atoms with Crippen LogP contribution in [0, 0.1) is 5.92 Å². The quantitative estimate of drug-likeness (QED) is 0.637. The van der Waals surface area contributed by atoms with Crippen molar-refractivity contribution in [3.05, 3.63) is 0 Å². The van der Waals surface area contributed by atoms with Gasteiger partial charge in [-0.15, -0.1) is 0 Å². The minimum atomic E-state index is -0.958. The summed E-state index contributed by atoms with van der Waals surface area (Å²) in [7, 11) is 0. The van der Waals surface area contributed by atoms with Crippen LogP contribution in [0.4, 0.5) is 0 Å². The maximum atomic E-state index is 13.1. The van der Waals surface area contributed by atoms with Gasteiger partial charge in [0, 0.05) is 6.54 Å². The Labute approximate surface area is 149 Å². The normalized spacial score (nSPS) is 23.9. The van der Waals surface area contributed by atoms with Gasteiger partial charge in [-0.25, -0.2) is 4.79 Å². The van der Waals surface area contributed by atoms with E-state index in [9.17, 15) is 19.5 Å². The van der Waals surface area contributed by atoms with Crippen LogP contribution in [-0.4, -0.2) is 59.0 Å². The summed E-state index contributed by atoms with van der Waals surface area (Å²) in [4.78, 5) is 38.5. The Morgan fingerprint density at radius 1 is 1.12 bits per heavy atom. The number of carbonyl (C=O) groups excluding carboxylic acids is 2. The van der Waals surface area contributed by atoms with Crippen LogP contribution in [0.5, 0.6) is 0 Å². The van der Waals surface area contributed by atoms with Gasteiger partial charge in [-0.2, -0.15) is 0 Å². The lowest BCUT2D eigenvalue weighted by atomic mass is 9.83. The number of carboxylic acids is 1. The molecule has 3 N–H and O–H groups in total. The predicted molar refractivity (Wildman–Crippen MR) is 94.0 cm³/mol. The van der Waals surface area contributed by atoms with Crippen molar-refractivity contribution in [1.82, 2.24) is 15.5 Å². The van der Waals surface area contributed by atoms with Gasteiger partial charge < -0.3 is 20.6 Å². The molecule has 1 aliphatic heterocycles. The highest BCUT2D eigenvalue weighted by atomic mass is 16.4. The third-order valence-corrected chi connectivity index (χ3v) is 5.41. The molecule has 1 saturated carbocycles. The molecule has 2 aliphatic rings. The summed E-state index contributed by atoms with van der Waals surface area (Å²) in [5.74, 6) is -1.29. The summed E-state index contributed by atoms with van der Waals surface area (Å²) < 4.78 is 0. The molecule has 0 unspecified atom stereocenters. The fraction of sp³-hybridized carbons (Fsp3) is 0.833. The van der Waals surface area contributed by atoms with Crippen molar-refractivity contribution in [3.63, 3.8) is 0 Å². The molecule has 1 heterocycles. The van der Waals surface area contributed by atoms with Crippen LogP contribution in [-0.2, 0) is 14.4 Å².